The van der Waals surface area contributed by atoms with Crippen LogP contribution in [0, 0.1) is 6.92 Å². The summed E-state index contributed by atoms with van der Waals surface area (Å²) < 4.78 is 0. The van der Waals surface area contributed by atoms with E-state index in [2.05, 4.69) is 60.8 Å². The molecule has 3 amide bonds. The number of amides is 3. The third-order valence-electron chi connectivity index (χ3n) is 7.62. The van der Waals surface area contributed by atoms with Crippen LogP contribution in [-0.2, 0) is 4.79 Å². The Morgan fingerprint density at radius 1 is 1.06 bits per heavy atom. The summed E-state index contributed by atoms with van der Waals surface area (Å²) in [5, 5.41) is 13.2. The molecule has 0 unspecified atom stereocenters. The van der Waals surface area contributed by atoms with E-state index < -0.39 is 0 Å². The first-order chi connectivity index (χ1) is 16.0. The second kappa shape index (κ2) is 9.18. The monoisotopic (exact) mass is 447 g/mol. The van der Waals surface area contributed by atoms with Crippen molar-refractivity contribution >= 4 is 11.9 Å². The molecule has 2 aliphatic heterocycles. The van der Waals surface area contributed by atoms with Gasteiger partial charge in [0.1, 0.15) is 6.54 Å². The molecule has 2 aromatic rings. The number of aliphatic hydroxyl groups excluding tert-OH is 1. The first kappa shape index (κ1) is 22.0. The topological polar surface area (TPSA) is 72.9 Å². The minimum atomic E-state index is -0.226. The fourth-order valence-electron chi connectivity index (χ4n) is 5.89. The van der Waals surface area contributed by atoms with Crippen LogP contribution in [0.1, 0.15) is 49.1 Å². The molecular weight excluding hydrogens is 414 g/mol. The number of hydrogen-bond donors (Lipinski definition) is 2. The Kier molecular flexibility index (Phi) is 6.11. The molecule has 2 aromatic carbocycles. The molecule has 33 heavy (non-hydrogen) atoms. The second-order valence-electron chi connectivity index (χ2n) is 9.80. The van der Waals surface area contributed by atoms with E-state index >= 15 is 0 Å². The van der Waals surface area contributed by atoms with E-state index in [0.717, 1.165) is 36.8 Å². The first-order valence-corrected chi connectivity index (χ1v) is 12.2. The summed E-state index contributed by atoms with van der Waals surface area (Å²) >= 11 is 0. The fourth-order valence-corrected chi connectivity index (χ4v) is 5.89. The molecule has 0 radical (unpaired) electrons. The molecule has 1 saturated carbocycles. The number of carbonyl (C=O) groups excluding carboxylic acids is 2. The van der Waals surface area contributed by atoms with Gasteiger partial charge in [-0.3, -0.25) is 4.79 Å². The summed E-state index contributed by atoms with van der Waals surface area (Å²) in [7, 11) is 0. The highest BCUT2D eigenvalue weighted by atomic mass is 16.3. The van der Waals surface area contributed by atoms with Gasteiger partial charge < -0.3 is 20.2 Å². The summed E-state index contributed by atoms with van der Waals surface area (Å²) in [5.74, 6) is -0.0486. The van der Waals surface area contributed by atoms with Gasteiger partial charge >= 0.3 is 6.03 Å². The van der Waals surface area contributed by atoms with Crippen molar-refractivity contribution in [3.63, 3.8) is 0 Å². The summed E-state index contributed by atoms with van der Waals surface area (Å²) in [4.78, 5) is 29.2. The van der Waals surface area contributed by atoms with Gasteiger partial charge in [0.15, 0.2) is 0 Å². The van der Waals surface area contributed by atoms with E-state index in [4.69, 9.17) is 0 Å². The zero-order chi connectivity index (χ0) is 22.9. The van der Waals surface area contributed by atoms with Crippen molar-refractivity contribution < 1.29 is 14.7 Å². The number of carbonyl (C=O) groups is 2. The zero-order valence-corrected chi connectivity index (χ0v) is 19.2. The first-order valence-electron chi connectivity index (χ1n) is 12.2. The molecule has 3 atom stereocenters. The number of urea groups is 1. The Bertz CT molecular complexity index is 1020. The van der Waals surface area contributed by atoms with Crippen molar-refractivity contribution in [3.05, 3.63) is 59.7 Å². The average Bonchev–Trinajstić information content (AvgIpc) is 2.81. The van der Waals surface area contributed by atoms with Gasteiger partial charge in [0.2, 0.25) is 5.91 Å². The van der Waals surface area contributed by atoms with Crippen molar-refractivity contribution in [2.24, 2.45) is 0 Å². The number of fused-ring (bicyclic) bond motifs is 1. The van der Waals surface area contributed by atoms with Crippen LogP contribution < -0.4 is 5.32 Å². The molecule has 174 valence electrons. The largest absolute Gasteiger partial charge is 0.394 e. The fraction of sp³-hybridized carbons (Fsp3) is 0.481. The Morgan fingerprint density at radius 3 is 2.52 bits per heavy atom. The molecule has 2 heterocycles. The van der Waals surface area contributed by atoms with E-state index in [-0.39, 0.29) is 49.1 Å². The minimum Gasteiger partial charge on any atom is -0.394 e. The van der Waals surface area contributed by atoms with Crippen molar-refractivity contribution in [1.29, 1.82) is 0 Å². The summed E-state index contributed by atoms with van der Waals surface area (Å²) in [6, 6.07) is 16.6. The molecule has 2 N–H and O–H groups in total. The van der Waals surface area contributed by atoms with Gasteiger partial charge in [-0.25, -0.2) is 4.79 Å². The molecule has 5 rings (SSSR count). The van der Waals surface area contributed by atoms with Crippen LogP contribution in [0.2, 0.25) is 0 Å². The molecular formula is C27H33N3O3. The Morgan fingerprint density at radius 2 is 1.82 bits per heavy atom. The normalized spacial score (nSPS) is 25.4. The quantitative estimate of drug-likeness (QED) is 0.751. The average molecular weight is 448 g/mol. The van der Waals surface area contributed by atoms with Crippen LogP contribution in [0.4, 0.5) is 4.79 Å². The van der Waals surface area contributed by atoms with Gasteiger partial charge in [-0.15, -0.1) is 0 Å². The SMILES string of the molecule is Cc1cccc(-c2ccc([C@@H]3[C@H]4CN(C(=O)NC5CCCCC5)CC(=O)N4[C@H]3CO)cc2)c1. The lowest BCUT2D eigenvalue weighted by Crippen LogP contribution is -2.74. The highest BCUT2D eigenvalue weighted by Gasteiger charge is 2.54. The van der Waals surface area contributed by atoms with Crippen LogP contribution in [0.3, 0.4) is 0 Å². The van der Waals surface area contributed by atoms with Crippen molar-refractivity contribution in [1.82, 2.24) is 15.1 Å². The van der Waals surface area contributed by atoms with Crippen LogP contribution in [0.25, 0.3) is 11.1 Å². The third kappa shape index (κ3) is 4.24. The molecule has 3 aliphatic rings. The maximum Gasteiger partial charge on any atom is 0.318 e. The van der Waals surface area contributed by atoms with Crippen molar-refractivity contribution in [2.75, 3.05) is 19.7 Å². The van der Waals surface area contributed by atoms with E-state index in [0.29, 0.717) is 6.54 Å². The number of nitrogens with one attached hydrogen (secondary N) is 1. The standard InChI is InChI=1S/C27H33N3O3/c1-18-6-5-7-21(14-18)19-10-12-20(13-11-19)26-23-15-29(16-25(32)30(23)24(26)17-31)27(33)28-22-8-3-2-4-9-22/h5-7,10-14,22-24,26,31H,2-4,8-9,15-17H2,1H3,(H,28,33)/t23-,24+,26-/m1/s1. The van der Waals surface area contributed by atoms with Gasteiger partial charge in [0.05, 0.1) is 18.7 Å². The number of rotatable bonds is 4. The van der Waals surface area contributed by atoms with Gasteiger partial charge in [-0.1, -0.05) is 73.4 Å². The number of hydrogen-bond acceptors (Lipinski definition) is 3. The van der Waals surface area contributed by atoms with Crippen LogP contribution >= 0.6 is 0 Å². The molecule has 3 fully saturated rings. The number of nitrogens with zero attached hydrogens (tertiary/aromatic N) is 2. The molecule has 0 spiro atoms. The molecule has 0 bridgehead atoms. The Labute approximate surface area is 195 Å². The van der Waals surface area contributed by atoms with Gasteiger partial charge in [-0.2, -0.15) is 0 Å². The Balaban J connectivity index is 1.31. The van der Waals surface area contributed by atoms with Crippen LogP contribution in [-0.4, -0.2) is 64.7 Å². The number of aryl methyl sites for hydroxylation is 1. The molecule has 2 saturated heterocycles. The van der Waals surface area contributed by atoms with Gasteiger partial charge in [-0.05, 0) is 36.5 Å². The minimum absolute atomic E-state index is 0.0239. The van der Waals surface area contributed by atoms with E-state index in [1.165, 1.54) is 17.5 Å². The predicted molar refractivity (Wildman–Crippen MR) is 128 cm³/mol. The van der Waals surface area contributed by atoms with E-state index in [9.17, 15) is 14.7 Å². The summed E-state index contributed by atoms with van der Waals surface area (Å²) in [5.41, 5.74) is 4.65. The van der Waals surface area contributed by atoms with Crippen molar-refractivity contribution in [3.8, 4) is 11.1 Å². The van der Waals surface area contributed by atoms with E-state index in [1.807, 2.05) is 0 Å². The summed E-state index contributed by atoms with van der Waals surface area (Å²) in [6.07, 6.45) is 5.58. The van der Waals surface area contributed by atoms with Crippen molar-refractivity contribution in [2.45, 2.75) is 63.1 Å². The maximum absolute atomic E-state index is 12.9. The van der Waals surface area contributed by atoms with Crippen LogP contribution in [0.15, 0.2) is 48.5 Å². The number of piperazine rings is 1. The predicted octanol–water partition coefficient (Wildman–Crippen LogP) is 3.68. The number of benzene rings is 2. The molecule has 6 nitrogen and oxygen atoms in total. The Hall–Kier alpha value is -2.86. The summed E-state index contributed by atoms with van der Waals surface area (Å²) in [6.45, 7) is 2.61. The lowest BCUT2D eigenvalue weighted by Gasteiger charge is -2.58. The zero-order valence-electron chi connectivity index (χ0n) is 19.2. The number of aliphatic hydroxyl groups is 1. The van der Waals surface area contributed by atoms with Crippen LogP contribution in [0.5, 0.6) is 0 Å². The molecule has 6 heteroatoms. The van der Waals surface area contributed by atoms with E-state index in [1.54, 1.807) is 9.80 Å². The third-order valence-corrected chi connectivity index (χ3v) is 7.62. The second-order valence-corrected chi connectivity index (χ2v) is 9.80. The highest BCUT2D eigenvalue weighted by Crippen LogP contribution is 2.43. The maximum atomic E-state index is 12.9. The van der Waals surface area contributed by atoms with Gasteiger partial charge in [0, 0.05) is 18.5 Å². The lowest BCUT2D eigenvalue weighted by molar-refractivity contribution is -0.159. The molecule has 0 aromatic heterocycles. The highest BCUT2D eigenvalue weighted by molar-refractivity contribution is 5.87. The smallest absolute Gasteiger partial charge is 0.318 e. The van der Waals surface area contributed by atoms with Gasteiger partial charge in [0.25, 0.3) is 0 Å². The molecule has 1 aliphatic carbocycles. The lowest BCUT2D eigenvalue weighted by atomic mass is 9.73.